The second-order valence-corrected chi connectivity index (χ2v) is 8.32. The highest BCUT2D eigenvalue weighted by Crippen LogP contribution is 2.35. The molecule has 32 heavy (non-hydrogen) atoms. The van der Waals surface area contributed by atoms with E-state index >= 15 is 0 Å². The third kappa shape index (κ3) is 4.37. The van der Waals surface area contributed by atoms with Crippen molar-refractivity contribution in [2.75, 3.05) is 19.9 Å². The Labute approximate surface area is 186 Å². The van der Waals surface area contributed by atoms with Gasteiger partial charge in [0.15, 0.2) is 11.5 Å². The zero-order valence-electron chi connectivity index (χ0n) is 17.8. The van der Waals surface area contributed by atoms with Crippen LogP contribution in [0.4, 0.5) is 0 Å². The van der Waals surface area contributed by atoms with E-state index in [1.54, 1.807) is 12.1 Å². The number of nitrogens with zero attached hydrogens (tertiary/aromatic N) is 3. The normalized spacial score (nSPS) is 15.7. The molecule has 2 aliphatic heterocycles. The minimum atomic E-state index is -0.250. The van der Waals surface area contributed by atoms with Crippen molar-refractivity contribution in [1.29, 1.82) is 0 Å². The fourth-order valence-electron chi connectivity index (χ4n) is 4.34. The summed E-state index contributed by atoms with van der Waals surface area (Å²) < 4.78 is 12.1. The number of amides is 1. The van der Waals surface area contributed by atoms with Crippen molar-refractivity contribution < 1.29 is 14.3 Å². The van der Waals surface area contributed by atoms with Crippen molar-refractivity contribution in [2.45, 2.75) is 25.8 Å². The highest BCUT2D eigenvalue weighted by Gasteiger charge is 2.23. The average molecular weight is 431 g/mol. The summed E-state index contributed by atoms with van der Waals surface area (Å²) in [4.78, 5) is 31.6. The molecule has 0 N–H and O–H groups in total. The molecule has 0 atom stereocenters. The Morgan fingerprint density at radius 3 is 2.56 bits per heavy atom. The predicted octanol–water partition coefficient (Wildman–Crippen LogP) is 3.12. The SMILES string of the molecule is O=C(Cn1cnc(-c2ccc3c(c2)OCO3)cc1=O)N1CCC(Cc2ccccc2)CC1. The van der Waals surface area contributed by atoms with E-state index in [1.165, 1.54) is 22.5 Å². The van der Waals surface area contributed by atoms with E-state index in [-0.39, 0.29) is 24.8 Å². The van der Waals surface area contributed by atoms with Gasteiger partial charge < -0.3 is 14.4 Å². The Balaban J connectivity index is 1.19. The molecule has 7 nitrogen and oxygen atoms in total. The Hall–Kier alpha value is -3.61. The van der Waals surface area contributed by atoms with Gasteiger partial charge in [0.25, 0.3) is 5.56 Å². The van der Waals surface area contributed by atoms with Gasteiger partial charge in [-0.25, -0.2) is 4.98 Å². The van der Waals surface area contributed by atoms with Crippen LogP contribution in [0.25, 0.3) is 11.3 Å². The van der Waals surface area contributed by atoms with Crippen LogP contribution in [0, 0.1) is 5.92 Å². The largest absolute Gasteiger partial charge is 0.454 e. The number of aromatic nitrogens is 2. The number of carbonyl (C=O) groups is 1. The van der Waals surface area contributed by atoms with Gasteiger partial charge in [-0.05, 0) is 48.9 Å². The van der Waals surface area contributed by atoms with Gasteiger partial charge in [0.2, 0.25) is 12.7 Å². The van der Waals surface area contributed by atoms with Gasteiger partial charge in [-0.15, -0.1) is 0 Å². The lowest BCUT2D eigenvalue weighted by molar-refractivity contribution is -0.133. The summed E-state index contributed by atoms with van der Waals surface area (Å²) in [5.41, 5.74) is 2.40. The Morgan fingerprint density at radius 1 is 1.00 bits per heavy atom. The fraction of sp³-hybridized carbons (Fsp3) is 0.320. The van der Waals surface area contributed by atoms with Crippen LogP contribution < -0.4 is 15.0 Å². The molecular weight excluding hydrogens is 406 g/mol. The first-order valence-electron chi connectivity index (χ1n) is 10.9. The molecule has 7 heteroatoms. The molecule has 3 aromatic rings. The molecule has 5 rings (SSSR count). The molecule has 1 aromatic heterocycles. The molecule has 164 valence electrons. The number of likely N-dealkylation sites (tertiary alicyclic amines) is 1. The fourth-order valence-corrected chi connectivity index (χ4v) is 4.34. The third-order valence-corrected chi connectivity index (χ3v) is 6.19. The molecule has 1 fully saturated rings. The summed E-state index contributed by atoms with van der Waals surface area (Å²) in [7, 11) is 0. The quantitative estimate of drug-likeness (QED) is 0.621. The smallest absolute Gasteiger partial charge is 0.254 e. The van der Waals surface area contributed by atoms with Crippen LogP contribution in [0.5, 0.6) is 11.5 Å². The molecular formula is C25H25N3O4. The van der Waals surface area contributed by atoms with Gasteiger partial charge in [-0.3, -0.25) is 14.2 Å². The van der Waals surface area contributed by atoms with E-state index in [0.717, 1.165) is 37.9 Å². The number of hydrogen-bond acceptors (Lipinski definition) is 5. The second-order valence-electron chi connectivity index (χ2n) is 8.32. The third-order valence-electron chi connectivity index (χ3n) is 6.19. The summed E-state index contributed by atoms with van der Waals surface area (Å²) in [6.45, 7) is 1.66. The van der Waals surface area contributed by atoms with Crippen LogP contribution in [0.2, 0.25) is 0 Å². The van der Waals surface area contributed by atoms with Crippen LogP contribution in [0.3, 0.4) is 0 Å². The molecule has 0 spiro atoms. The molecule has 1 saturated heterocycles. The minimum absolute atomic E-state index is 0.0105. The average Bonchev–Trinajstić information content (AvgIpc) is 3.29. The minimum Gasteiger partial charge on any atom is -0.454 e. The summed E-state index contributed by atoms with van der Waals surface area (Å²) in [6.07, 6.45) is 4.46. The maximum Gasteiger partial charge on any atom is 0.254 e. The number of benzene rings is 2. The summed E-state index contributed by atoms with van der Waals surface area (Å²) in [5.74, 6) is 1.87. The van der Waals surface area contributed by atoms with E-state index in [4.69, 9.17) is 9.47 Å². The van der Waals surface area contributed by atoms with Crippen molar-refractivity contribution in [3.63, 3.8) is 0 Å². The van der Waals surface area contributed by atoms with Gasteiger partial charge in [-0.2, -0.15) is 0 Å². The van der Waals surface area contributed by atoms with E-state index in [1.807, 2.05) is 17.0 Å². The zero-order valence-corrected chi connectivity index (χ0v) is 17.8. The molecule has 0 radical (unpaired) electrons. The monoisotopic (exact) mass is 431 g/mol. The summed E-state index contributed by atoms with van der Waals surface area (Å²) in [6, 6.07) is 17.4. The van der Waals surface area contributed by atoms with Crippen molar-refractivity contribution in [3.8, 4) is 22.8 Å². The molecule has 0 aliphatic carbocycles. The van der Waals surface area contributed by atoms with Crippen molar-refractivity contribution >= 4 is 5.91 Å². The van der Waals surface area contributed by atoms with Crippen LogP contribution in [0.15, 0.2) is 65.7 Å². The van der Waals surface area contributed by atoms with Gasteiger partial charge in [0.1, 0.15) is 6.54 Å². The van der Waals surface area contributed by atoms with Crippen LogP contribution in [-0.2, 0) is 17.8 Å². The van der Waals surface area contributed by atoms with Crippen molar-refractivity contribution in [2.24, 2.45) is 5.92 Å². The Bertz CT molecular complexity index is 1170. The first-order chi connectivity index (χ1) is 15.7. The van der Waals surface area contributed by atoms with Gasteiger partial charge in [0.05, 0.1) is 12.0 Å². The first kappa shape index (κ1) is 20.3. The number of rotatable bonds is 5. The van der Waals surface area contributed by atoms with E-state index in [0.29, 0.717) is 23.1 Å². The molecule has 3 heterocycles. The Kier molecular flexibility index (Phi) is 5.62. The summed E-state index contributed by atoms with van der Waals surface area (Å²) >= 11 is 0. The molecule has 0 unspecified atom stereocenters. The zero-order chi connectivity index (χ0) is 21.9. The van der Waals surface area contributed by atoms with Crippen LogP contribution in [0.1, 0.15) is 18.4 Å². The topological polar surface area (TPSA) is 73.7 Å². The lowest BCUT2D eigenvalue weighted by Crippen LogP contribution is -2.41. The van der Waals surface area contributed by atoms with Gasteiger partial charge in [-0.1, -0.05) is 30.3 Å². The molecule has 0 bridgehead atoms. The second kappa shape index (κ2) is 8.86. The standard InChI is InChI=1S/C25H25N3O4/c29-24-14-21(20-6-7-22-23(13-20)32-17-31-22)26-16-28(24)15-25(30)27-10-8-19(9-11-27)12-18-4-2-1-3-5-18/h1-7,13-14,16,19H,8-12,15,17H2. The maximum atomic E-state index is 12.8. The van der Waals surface area contributed by atoms with E-state index in [9.17, 15) is 9.59 Å². The number of hydrogen-bond donors (Lipinski definition) is 0. The van der Waals surface area contributed by atoms with Gasteiger partial charge in [0, 0.05) is 24.7 Å². The predicted molar refractivity (Wildman–Crippen MR) is 120 cm³/mol. The number of fused-ring (bicyclic) bond motifs is 1. The number of carbonyl (C=O) groups excluding carboxylic acids is 1. The van der Waals surface area contributed by atoms with E-state index in [2.05, 4.69) is 29.2 Å². The lowest BCUT2D eigenvalue weighted by Gasteiger charge is -2.32. The Morgan fingerprint density at radius 2 is 1.78 bits per heavy atom. The summed E-state index contributed by atoms with van der Waals surface area (Å²) in [5, 5.41) is 0. The highest BCUT2D eigenvalue weighted by atomic mass is 16.7. The molecule has 0 saturated carbocycles. The lowest BCUT2D eigenvalue weighted by atomic mass is 9.90. The highest BCUT2D eigenvalue weighted by molar-refractivity contribution is 5.76. The maximum absolute atomic E-state index is 12.8. The van der Waals surface area contributed by atoms with Crippen molar-refractivity contribution in [1.82, 2.24) is 14.5 Å². The first-order valence-corrected chi connectivity index (χ1v) is 10.9. The molecule has 2 aliphatic rings. The van der Waals surface area contributed by atoms with Crippen molar-refractivity contribution in [3.05, 3.63) is 76.8 Å². The van der Waals surface area contributed by atoms with Gasteiger partial charge >= 0.3 is 0 Å². The molecule has 2 aromatic carbocycles. The number of ether oxygens (including phenoxy) is 2. The number of piperidine rings is 1. The molecule has 1 amide bonds. The van der Waals surface area contributed by atoms with Crippen LogP contribution >= 0.6 is 0 Å². The van der Waals surface area contributed by atoms with E-state index < -0.39 is 0 Å². The van der Waals surface area contributed by atoms with Crippen LogP contribution in [-0.4, -0.2) is 40.2 Å².